The summed E-state index contributed by atoms with van der Waals surface area (Å²) in [5.74, 6) is 1.05. The van der Waals surface area contributed by atoms with Crippen molar-refractivity contribution in [3.05, 3.63) is 17.5 Å². The molecule has 2 rings (SSSR count). The number of nitrogens with zero attached hydrogens (tertiary/aromatic N) is 3. The normalized spacial score (nSPS) is 18.2. The first kappa shape index (κ1) is 15.0. The van der Waals surface area contributed by atoms with Crippen molar-refractivity contribution in [3.8, 4) is 0 Å². The summed E-state index contributed by atoms with van der Waals surface area (Å²) < 4.78 is 5.23. The number of nitrogens with two attached hydrogens (primary N) is 1. The molecule has 0 saturated carbocycles. The third kappa shape index (κ3) is 3.58. The van der Waals surface area contributed by atoms with Gasteiger partial charge in [-0.15, -0.1) is 0 Å². The van der Waals surface area contributed by atoms with Gasteiger partial charge in [0.25, 0.3) is 0 Å². The number of carbonyl (C=O) groups excluding carboxylic acids is 1. The fourth-order valence-electron chi connectivity index (χ4n) is 2.54. The molecule has 1 unspecified atom stereocenters. The number of carbonyl (C=O) groups is 1. The number of rotatable bonds is 5. The van der Waals surface area contributed by atoms with Gasteiger partial charge in [0.05, 0.1) is 18.2 Å². The van der Waals surface area contributed by atoms with Gasteiger partial charge < -0.3 is 15.2 Å². The van der Waals surface area contributed by atoms with Gasteiger partial charge in [-0.2, -0.15) is 0 Å². The number of aryl methyl sites for hydroxylation is 1. The predicted octanol–water partition coefficient (Wildman–Crippen LogP) is 0.612. The van der Waals surface area contributed by atoms with Crippen molar-refractivity contribution in [3.63, 3.8) is 0 Å². The second-order valence-corrected chi connectivity index (χ2v) is 5.38. The molecule has 0 radical (unpaired) electrons. The molecule has 20 heavy (non-hydrogen) atoms. The van der Waals surface area contributed by atoms with Crippen LogP contribution in [0.1, 0.15) is 24.8 Å². The lowest BCUT2D eigenvalue weighted by atomic mass is 10.0. The maximum absolute atomic E-state index is 12.2. The van der Waals surface area contributed by atoms with E-state index in [1.807, 2.05) is 24.8 Å². The van der Waals surface area contributed by atoms with E-state index in [9.17, 15) is 4.79 Å². The lowest BCUT2D eigenvalue weighted by molar-refractivity contribution is -0.137. The molecule has 1 aromatic heterocycles. The van der Waals surface area contributed by atoms with E-state index in [2.05, 4.69) is 10.1 Å². The van der Waals surface area contributed by atoms with E-state index in [0.717, 1.165) is 50.6 Å². The van der Waals surface area contributed by atoms with Gasteiger partial charge in [-0.25, -0.2) is 0 Å². The van der Waals surface area contributed by atoms with Gasteiger partial charge in [0, 0.05) is 38.8 Å². The van der Waals surface area contributed by atoms with Crippen LogP contribution >= 0.6 is 0 Å². The van der Waals surface area contributed by atoms with Crippen LogP contribution < -0.4 is 5.73 Å². The van der Waals surface area contributed by atoms with Crippen LogP contribution in [0.4, 0.5) is 0 Å². The van der Waals surface area contributed by atoms with E-state index in [4.69, 9.17) is 10.3 Å². The van der Waals surface area contributed by atoms with Gasteiger partial charge in [0.2, 0.25) is 5.91 Å². The molecule has 1 amide bonds. The highest BCUT2D eigenvalue weighted by molar-refractivity contribution is 5.79. The van der Waals surface area contributed by atoms with Gasteiger partial charge >= 0.3 is 0 Å². The van der Waals surface area contributed by atoms with Crippen molar-refractivity contribution < 1.29 is 9.32 Å². The van der Waals surface area contributed by atoms with Gasteiger partial charge in [-0.1, -0.05) is 12.1 Å². The zero-order valence-electron chi connectivity index (χ0n) is 12.3. The standard InChI is InChI=1S/C14H24N4O2/c1-3-12(9-15)14(19)18-6-4-17(5-7-18)10-13-8-11(2)16-20-13/h8,12H,3-7,9-10,15H2,1-2H3. The van der Waals surface area contributed by atoms with Crippen molar-refractivity contribution in [2.24, 2.45) is 11.7 Å². The van der Waals surface area contributed by atoms with Gasteiger partial charge in [-0.05, 0) is 13.3 Å². The minimum Gasteiger partial charge on any atom is -0.360 e. The molecule has 0 bridgehead atoms. The minimum absolute atomic E-state index is 0.0292. The fraction of sp³-hybridized carbons (Fsp3) is 0.714. The quantitative estimate of drug-likeness (QED) is 0.855. The van der Waals surface area contributed by atoms with Crippen molar-refractivity contribution in [2.45, 2.75) is 26.8 Å². The highest BCUT2D eigenvalue weighted by Gasteiger charge is 2.25. The smallest absolute Gasteiger partial charge is 0.227 e. The lowest BCUT2D eigenvalue weighted by Gasteiger charge is -2.35. The first-order valence-electron chi connectivity index (χ1n) is 7.27. The highest BCUT2D eigenvalue weighted by atomic mass is 16.5. The van der Waals surface area contributed by atoms with Crippen molar-refractivity contribution in [1.82, 2.24) is 15.0 Å². The summed E-state index contributed by atoms with van der Waals surface area (Å²) in [5, 5.41) is 3.89. The number of piperazine rings is 1. The maximum atomic E-state index is 12.2. The van der Waals surface area contributed by atoms with Crippen LogP contribution in [0.5, 0.6) is 0 Å². The number of aromatic nitrogens is 1. The molecule has 1 aromatic rings. The largest absolute Gasteiger partial charge is 0.360 e. The number of hydrogen-bond donors (Lipinski definition) is 1. The van der Waals surface area contributed by atoms with Crippen LogP contribution in [0.2, 0.25) is 0 Å². The molecule has 0 aliphatic carbocycles. The average Bonchev–Trinajstić information content (AvgIpc) is 2.86. The lowest BCUT2D eigenvalue weighted by Crippen LogP contribution is -2.50. The maximum Gasteiger partial charge on any atom is 0.227 e. The molecule has 0 aromatic carbocycles. The number of amides is 1. The third-order valence-electron chi connectivity index (χ3n) is 3.87. The Bertz CT molecular complexity index is 434. The predicted molar refractivity (Wildman–Crippen MR) is 75.9 cm³/mol. The molecular weight excluding hydrogens is 256 g/mol. The summed E-state index contributed by atoms with van der Waals surface area (Å²) in [7, 11) is 0. The van der Waals surface area contributed by atoms with E-state index < -0.39 is 0 Å². The topological polar surface area (TPSA) is 75.6 Å². The van der Waals surface area contributed by atoms with Crippen LogP contribution in [0.25, 0.3) is 0 Å². The highest BCUT2D eigenvalue weighted by Crippen LogP contribution is 2.12. The van der Waals surface area contributed by atoms with Crippen LogP contribution in [-0.2, 0) is 11.3 Å². The Hall–Kier alpha value is -1.40. The monoisotopic (exact) mass is 280 g/mol. The van der Waals surface area contributed by atoms with Crippen LogP contribution in [0, 0.1) is 12.8 Å². The van der Waals surface area contributed by atoms with Crippen LogP contribution in [-0.4, -0.2) is 53.6 Å². The van der Waals surface area contributed by atoms with Gasteiger partial charge in [0.15, 0.2) is 5.76 Å². The Kier molecular flexibility index (Phi) is 5.14. The molecule has 6 nitrogen and oxygen atoms in total. The average molecular weight is 280 g/mol. The Morgan fingerprint density at radius 2 is 2.15 bits per heavy atom. The van der Waals surface area contributed by atoms with Gasteiger partial charge in [0.1, 0.15) is 0 Å². The summed E-state index contributed by atoms with van der Waals surface area (Å²) in [6.07, 6.45) is 0.812. The molecule has 112 valence electrons. The minimum atomic E-state index is -0.0292. The summed E-state index contributed by atoms with van der Waals surface area (Å²) in [5.41, 5.74) is 6.55. The van der Waals surface area contributed by atoms with Crippen LogP contribution in [0.15, 0.2) is 10.6 Å². The summed E-state index contributed by atoms with van der Waals surface area (Å²) >= 11 is 0. The molecule has 1 fully saturated rings. The van der Waals surface area contributed by atoms with E-state index in [1.54, 1.807) is 0 Å². The van der Waals surface area contributed by atoms with Gasteiger partial charge in [-0.3, -0.25) is 9.69 Å². The zero-order chi connectivity index (χ0) is 14.5. The van der Waals surface area contributed by atoms with E-state index in [-0.39, 0.29) is 11.8 Å². The molecule has 2 N–H and O–H groups in total. The molecule has 1 saturated heterocycles. The van der Waals surface area contributed by atoms with Crippen molar-refractivity contribution in [1.29, 1.82) is 0 Å². The molecule has 1 atom stereocenters. The van der Waals surface area contributed by atoms with Crippen molar-refractivity contribution >= 4 is 5.91 Å². The second kappa shape index (κ2) is 6.85. The second-order valence-electron chi connectivity index (χ2n) is 5.38. The summed E-state index contributed by atoms with van der Waals surface area (Å²) in [4.78, 5) is 16.4. The van der Waals surface area contributed by atoms with E-state index >= 15 is 0 Å². The first-order valence-corrected chi connectivity index (χ1v) is 7.27. The molecule has 1 aliphatic rings. The van der Waals surface area contributed by atoms with Crippen LogP contribution in [0.3, 0.4) is 0 Å². The molecule has 0 spiro atoms. The van der Waals surface area contributed by atoms with E-state index in [0.29, 0.717) is 6.54 Å². The SMILES string of the molecule is CCC(CN)C(=O)N1CCN(Cc2cc(C)no2)CC1. The molecule has 1 aliphatic heterocycles. The Balaban J connectivity index is 1.81. The Morgan fingerprint density at radius 1 is 1.45 bits per heavy atom. The molecular formula is C14H24N4O2. The third-order valence-corrected chi connectivity index (χ3v) is 3.87. The molecule has 2 heterocycles. The Morgan fingerprint density at radius 3 is 2.65 bits per heavy atom. The molecule has 6 heteroatoms. The number of hydrogen-bond acceptors (Lipinski definition) is 5. The van der Waals surface area contributed by atoms with E-state index in [1.165, 1.54) is 0 Å². The first-order chi connectivity index (χ1) is 9.63. The summed E-state index contributed by atoms with van der Waals surface area (Å²) in [6, 6.07) is 1.96. The Labute approximate surface area is 119 Å². The summed E-state index contributed by atoms with van der Waals surface area (Å²) in [6.45, 7) is 8.40. The van der Waals surface area contributed by atoms with Crippen molar-refractivity contribution in [2.75, 3.05) is 32.7 Å². The zero-order valence-corrected chi connectivity index (χ0v) is 12.3. The fourth-order valence-corrected chi connectivity index (χ4v) is 2.54.